The lowest BCUT2D eigenvalue weighted by Gasteiger charge is -2.25. The van der Waals surface area contributed by atoms with Gasteiger partial charge >= 0.3 is 0 Å². The fourth-order valence-corrected chi connectivity index (χ4v) is 3.12. The number of anilines is 1. The molecule has 1 aromatic rings. The number of hydrogen-bond donors (Lipinski definition) is 3. The lowest BCUT2D eigenvalue weighted by Crippen LogP contribution is -2.39. The molecule has 0 atom stereocenters. The minimum Gasteiger partial charge on any atom is -0.351 e. The average molecular weight is 316 g/mol. The monoisotopic (exact) mass is 315 g/mol. The van der Waals surface area contributed by atoms with Crippen molar-refractivity contribution in [1.29, 1.82) is 0 Å². The molecule has 0 spiro atoms. The lowest BCUT2D eigenvalue weighted by atomic mass is 10.2. The maximum absolute atomic E-state index is 12.0. The van der Waals surface area contributed by atoms with E-state index in [0.29, 0.717) is 22.9 Å². The quantitative estimate of drug-likeness (QED) is 0.551. The SMILES string of the molecule is NNc1ncc(C(=O)NCCN2CCSCC2)cc1Cl. The number of thioether (sulfide) groups is 1. The van der Waals surface area contributed by atoms with Gasteiger partial charge in [0.25, 0.3) is 5.91 Å². The summed E-state index contributed by atoms with van der Waals surface area (Å²) in [6.45, 7) is 3.67. The summed E-state index contributed by atoms with van der Waals surface area (Å²) in [7, 11) is 0. The van der Waals surface area contributed by atoms with Crippen LogP contribution in [0.4, 0.5) is 5.82 Å². The van der Waals surface area contributed by atoms with Crippen LogP contribution in [0.15, 0.2) is 12.3 Å². The smallest absolute Gasteiger partial charge is 0.252 e. The molecule has 2 heterocycles. The van der Waals surface area contributed by atoms with Crippen LogP contribution < -0.4 is 16.6 Å². The summed E-state index contributed by atoms with van der Waals surface area (Å²) in [5.74, 6) is 7.75. The molecule has 4 N–H and O–H groups in total. The first kappa shape index (κ1) is 15.4. The molecule has 1 amide bonds. The highest BCUT2D eigenvalue weighted by molar-refractivity contribution is 7.99. The van der Waals surface area contributed by atoms with Gasteiger partial charge in [0.1, 0.15) is 0 Å². The molecule has 8 heteroatoms. The standard InChI is InChI=1S/C12H18ClN5OS/c13-10-7-9(8-16-11(10)17-14)12(19)15-1-2-18-3-5-20-6-4-18/h7-8H,1-6,14H2,(H,15,19)(H,16,17). The molecule has 0 bridgehead atoms. The van der Waals surface area contributed by atoms with E-state index in [1.165, 1.54) is 17.7 Å². The number of carbonyl (C=O) groups is 1. The van der Waals surface area contributed by atoms with E-state index in [1.807, 2.05) is 11.8 Å². The number of nitrogen functional groups attached to an aromatic ring is 1. The Morgan fingerprint density at radius 3 is 2.90 bits per heavy atom. The normalized spacial score (nSPS) is 15.9. The molecule has 20 heavy (non-hydrogen) atoms. The second-order valence-corrected chi connectivity index (χ2v) is 6.04. The molecule has 0 aliphatic carbocycles. The molecule has 1 saturated heterocycles. The Balaban J connectivity index is 1.80. The lowest BCUT2D eigenvalue weighted by molar-refractivity contribution is 0.0948. The number of aromatic nitrogens is 1. The Morgan fingerprint density at radius 2 is 2.25 bits per heavy atom. The van der Waals surface area contributed by atoms with Crippen LogP contribution in [0.1, 0.15) is 10.4 Å². The van der Waals surface area contributed by atoms with E-state index < -0.39 is 0 Å². The highest BCUT2D eigenvalue weighted by Gasteiger charge is 2.12. The van der Waals surface area contributed by atoms with Crippen LogP contribution in [0.5, 0.6) is 0 Å². The van der Waals surface area contributed by atoms with Crippen LogP contribution in [-0.2, 0) is 0 Å². The third kappa shape index (κ3) is 4.24. The van der Waals surface area contributed by atoms with Gasteiger partial charge in [-0.15, -0.1) is 0 Å². The molecule has 1 aliphatic rings. The molecular weight excluding hydrogens is 298 g/mol. The van der Waals surface area contributed by atoms with Crippen LogP contribution in [0.3, 0.4) is 0 Å². The minimum atomic E-state index is -0.172. The van der Waals surface area contributed by atoms with E-state index in [-0.39, 0.29) is 5.91 Å². The number of hydrazine groups is 1. The van der Waals surface area contributed by atoms with Crippen molar-refractivity contribution in [3.05, 3.63) is 22.8 Å². The summed E-state index contributed by atoms with van der Waals surface area (Å²) >= 11 is 7.91. The van der Waals surface area contributed by atoms with Gasteiger partial charge < -0.3 is 10.7 Å². The Kier molecular flexibility index (Phi) is 5.90. The van der Waals surface area contributed by atoms with Gasteiger partial charge in [0, 0.05) is 43.9 Å². The van der Waals surface area contributed by atoms with Gasteiger partial charge in [-0.3, -0.25) is 9.69 Å². The molecule has 110 valence electrons. The van der Waals surface area contributed by atoms with E-state index in [4.69, 9.17) is 17.4 Å². The number of nitrogens with zero attached hydrogens (tertiary/aromatic N) is 2. The molecular formula is C12H18ClN5OS. The Bertz CT molecular complexity index is 467. The van der Waals surface area contributed by atoms with Crippen LogP contribution in [0.25, 0.3) is 0 Å². The molecule has 1 aromatic heterocycles. The van der Waals surface area contributed by atoms with Gasteiger partial charge in [0.15, 0.2) is 5.82 Å². The number of hydrogen-bond acceptors (Lipinski definition) is 6. The second kappa shape index (κ2) is 7.68. The predicted molar refractivity (Wildman–Crippen MR) is 83.2 cm³/mol. The molecule has 2 rings (SSSR count). The zero-order valence-corrected chi connectivity index (χ0v) is 12.6. The van der Waals surface area contributed by atoms with Crippen LogP contribution in [0, 0.1) is 0 Å². The zero-order chi connectivity index (χ0) is 14.4. The number of pyridine rings is 1. The summed E-state index contributed by atoms with van der Waals surface area (Å²) in [5, 5.41) is 3.20. The molecule has 1 fully saturated rings. The fraction of sp³-hybridized carbons (Fsp3) is 0.500. The van der Waals surface area contributed by atoms with E-state index >= 15 is 0 Å². The van der Waals surface area contributed by atoms with Crippen LogP contribution in [-0.4, -0.2) is 53.5 Å². The van der Waals surface area contributed by atoms with Crippen LogP contribution >= 0.6 is 23.4 Å². The first-order valence-electron chi connectivity index (χ1n) is 6.41. The number of rotatable bonds is 5. The fourth-order valence-electron chi connectivity index (χ4n) is 1.92. The highest BCUT2D eigenvalue weighted by Crippen LogP contribution is 2.18. The molecule has 1 aliphatic heterocycles. The van der Waals surface area contributed by atoms with Crippen molar-refractivity contribution in [2.75, 3.05) is 43.1 Å². The number of carbonyl (C=O) groups excluding carboxylic acids is 1. The van der Waals surface area contributed by atoms with E-state index in [9.17, 15) is 4.79 Å². The predicted octanol–water partition coefficient (Wildman–Crippen LogP) is 0.799. The van der Waals surface area contributed by atoms with Crippen LogP contribution in [0.2, 0.25) is 5.02 Å². The zero-order valence-electron chi connectivity index (χ0n) is 11.1. The first-order valence-corrected chi connectivity index (χ1v) is 7.94. The van der Waals surface area contributed by atoms with Gasteiger partial charge in [0.05, 0.1) is 10.6 Å². The second-order valence-electron chi connectivity index (χ2n) is 4.41. The molecule has 6 nitrogen and oxygen atoms in total. The van der Waals surface area contributed by atoms with Crippen molar-refractivity contribution in [1.82, 2.24) is 15.2 Å². The summed E-state index contributed by atoms with van der Waals surface area (Å²) in [5.41, 5.74) is 2.80. The highest BCUT2D eigenvalue weighted by atomic mass is 35.5. The Labute approximate surface area is 127 Å². The summed E-state index contributed by atoms with van der Waals surface area (Å²) in [6, 6.07) is 1.55. The maximum atomic E-state index is 12.0. The maximum Gasteiger partial charge on any atom is 0.252 e. The first-order chi connectivity index (χ1) is 9.70. The van der Waals surface area contributed by atoms with Crippen molar-refractivity contribution < 1.29 is 4.79 Å². The van der Waals surface area contributed by atoms with Gasteiger partial charge in [-0.05, 0) is 6.07 Å². The molecule has 0 aromatic carbocycles. The number of amides is 1. The van der Waals surface area contributed by atoms with Gasteiger partial charge in [0.2, 0.25) is 0 Å². The Morgan fingerprint density at radius 1 is 1.50 bits per heavy atom. The summed E-state index contributed by atoms with van der Waals surface area (Å²) in [6.07, 6.45) is 1.45. The minimum absolute atomic E-state index is 0.172. The third-order valence-corrected chi connectivity index (χ3v) is 4.29. The summed E-state index contributed by atoms with van der Waals surface area (Å²) in [4.78, 5) is 18.3. The van der Waals surface area contributed by atoms with Crippen molar-refractivity contribution in [3.8, 4) is 0 Å². The third-order valence-electron chi connectivity index (χ3n) is 3.06. The van der Waals surface area contributed by atoms with E-state index in [1.54, 1.807) is 6.07 Å². The van der Waals surface area contributed by atoms with Crippen molar-refractivity contribution in [2.45, 2.75) is 0 Å². The average Bonchev–Trinajstić information content (AvgIpc) is 2.48. The van der Waals surface area contributed by atoms with Gasteiger partial charge in [-0.2, -0.15) is 11.8 Å². The number of halogens is 1. The topological polar surface area (TPSA) is 83.3 Å². The van der Waals surface area contributed by atoms with E-state index in [2.05, 4.69) is 20.6 Å². The Hall–Kier alpha value is -1.02. The molecule has 0 unspecified atom stereocenters. The van der Waals surface area contributed by atoms with Crippen molar-refractivity contribution in [3.63, 3.8) is 0 Å². The van der Waals surface area contributed by atoms with Crippen molar-refractivity contribution in [2.24, 2.45) is 5.84 Å². The largest absolute Gasteiger partial charge is 0.351 e. The summed E-state index contributed by atoms with van der Waals surface area (Å²) < 4.78 is 0. The number of nitrogens with two attached hydrogens (primary N) is 1. The van der Waals surface area contributed by atoms with Crippen molar-refractivity contribution >= 4 is 35.1 Å². The molecule has 0 saturated carbocycles. The van der Waals surface area contributed by atoms with E-state index in [0.717, 1.165) is 19.6 Å². The number of nitrogens with one attached hydrogen (secondary N) is 2. The van der Waals surface area contributed by atoms with Gasteiger partial charge in [-0.25, -0.2) is 10.8 Å². The molecule has 0 radical (unpaired) electrons. The van der Waals surface area contributed by atoms with Gasteiger partial charge in [-0.1, -0.05) is 11.6 Å².